The maximum atomic E-state index is 11.8. The molecule has 0 saturated carbocycles. The summed E-state index contributed by atoms with van der Waals surface area (Å²) in [6.45, 7) is 13.5. The van der Waals surface area contributed by atoms with E-state index in [1.807, 2.05) is 6.92 Å². The van der Waals surface area contributed by atoms with Crippen LogP contribution in [0, 0.1) is 5.41 Å². The standard InChI is InChI=1S/C14H28N2O3/c1-10(13(2,3)4)15-11(17)9-16(8)12(18)19-14(5,6)7/h10H,9H2,1-8H3,(H,15,17). The quantitative estimate of drug-likeness (QED) is 0.858. The van der Waals surface area contributed by atoms with Crippen LogP contribution in [0.25, 0.3) is 0 Å². The van der Waals surface area contributed by atoms with E-state index in [1.165, 1.54) is 4.90 Å². The minimum Gasteiger partial charge on any atom is -0.444 e. The minimum absolute atomic E-state index is 0.00463. The molecular weight excluding hydrogens is 244 g/mol. The van der Waals surface area contributed by atoms with Crippen LogP contribution in [0.5, 0.6) is 0 Å². The van der Waals surface area contributed by atoms with Crippen molar-refractivity contribution >= 4 is 12.0 Å². The molecule has 0 aromatic carbocycles. The molecule has 0 saturated heterocycles. The average molecular weight is 272 g/mol. The number of ether oxygens (including phenoxy) is 1. The Morgan fingerprint density at radius 2 is 1.63 bits per heavy atom. The SMILES string of the molecule is CC(NC(=O)CN(C)C(=O)OC(C)(C)C)C(C)(C)C. The van der Waals surface area contributed by atoms with Gasteiger partial charge in [0.05, 0.1) is 0 Å². The number of carbonyl (C=O) groups is 2. The van der Waals surface area contributed by atoms with Crippen LogP contribution in [0.1, 0.15) is 48.5 Å². The largest absolute Gasteiger partial charge is 0.444 e. The lowest BCUT2D eigenvalue weighted by Gasteiger charge is -2.29. The average Bonchev–Trinajstić information content (AvgIpc) is 2.12. The Labute approximate surface area is 116 Å². The molecule has 2 amide bonds. The second-order valence-electron chi connectivity index (χ2n) is 6.99. The van der Waals surface area contributed by atoms with E-state index in [0.717, 1.165) is 0 Å². The maximum absolute atomic E-state index is 11.8. The number of hydrogen-bond donors (Lipinski definition) is 1. The Kier molecular flexibility index (Phi) is 5.84. The molecule has 0 fully saturated rings. The van der Waals surface area contributed by atoms with Gasteiger partial charge in [0, 0.05) is 13.1 Å². The number of nitrogens with zero attached hydrogens (tertiary/aromatic N) is 1. The van der Waals surface area contributed by atoms with Crippen molar-refractivity contribution in [3.63, 3.8) is 0 Å². The van der Waals surface area contributed by atoms with E-state index >= 15 is 0 Å². The van der Waals surface area contributed by atoms with Crippen molar-refractivity contribution in [3.8, 4) is 0 Å². The van der Waals surface area contributed by atoms with Crippen LogP contribution in [-0.2, 0) is 9.53 Å². The summed E-state index contributed by atoms with van der Waals surface area (Å²) >= 11 is 0. The van der Waals surface area contributed by atoms with Crippen LogP contribution >= 0.6 is 0 Å². The summed E-state index contributed by atoms with van der Waals surface area (Å²) in [5.41, 5.74) is -0.569. The normalized spacial score (nSPS) is 13.7. The van der Waals surface area contributed by atoms with Crippen molar-refractivity contribution < 1.29 is 14.3 Å². The Morgan fingerprint density at radius 3 is 2.00 bits per heavy atom. The van der Waals surface area contributed by atoms with Gasteiger partial charge in [0.15, 0.2) is 0 Å². The minimum atomic E-state index is -0.555. The van der Waals surface area contributed by atoms with Gasteiger partial charge >= 0.3 is 6.09 Å². The lowest BCUT2D eigenvalue weighted by molar-refractivity contribution is -0.123. The summed E-state index contributed by atoms with van der Waals surface area (Å²) in [7, 11) is 1.55. The highest BCUT2D eigenvalue weighted by Gasteiger charge is 2.24. The van der Waals surface area contributed by atoms with E-state index in [9.17, 15) is 9.59 Å². The van der Waals surface area contributed by atoms with Crippen molar-refractivity contribution in [2.45, 2.75) is 60.1 Å². The van der Waals surface area contributed by atoms with E-state index < -0.39 is 11.7 Å². The van der Waals surface area contributed by atoms with Gasteiger partial charge in [0.2, 0.25) is 5.91 Å². The number of carbonyl (C=O) groups excluding carboxylic acids is 2. The number of likely N-dealkylation sites (N-methyl/N-ethyl adjacent to an activating group) is 1. The van der Waals surface area contributed by atoms with Gasteiger partial charge < -0.3 is 15.0 Å². The molecule has 0 rings (SSSR count). The Morgan fingerprint density at radius 1 is 1.16 bits per heavy atom. The third-order valence-electron chi connectivity index (χ3n) is 2.76. The summed E-state index contributed by atoms with van der Waals surface area (Å²) in [5.74, 6) is -0.184. The predicted octanol–water partition coefficient (Wildman–Crippen LogP) is 2.40. The molecule has 1 atom stereocenters. The molecule has 19 heavy (non-hydrogen) atoms. The molecule has 0 aromatic heterocycles. The van der Waals surface area contributed by atoms with Crippen LogP contribution in [0.15, 0.2) is 0 Å². The summed E-state index contributed by atoms with van der Waals surface area (Å²) in [4.78, 5) is 24.8. The van der Waals surface area contributed by atoms with Gasteiger partial charge in [-0.2, -0.15) is 0 Å². The first-order valence-corrected chi connectivity index (χ1v) is 6.56. The first-order chi connectivity index (χ1) is 8.33. The summed E-state index contributed by atoms with van der Waals surface area (Å²) in [6.07, 6.45) is -0.494. The number of hydrogen-bond acceptors (Lipinski definition) is 3. The molecule has 1 unspecified atom stereocenters. The first-order valence-electron chi connectivity index (χ1n) is 6.56. The number of rotatable bonds is 3. The second-order valence-corrected chi connectivity index (χ2v) is 6.99. The summed E-state index contributed by atoms with van der Waals surface area (Å²) < 4.78 is 5.18. The Hall–Kier alpha value is -1.26. The molecule has 0 bridgehead atoms. The third-order valence-corrected chi connectivity index (χ3v) is 2.76. The molecule has 0 aliphatic carbocycles. The van der Waals surface area contributed by atoms with Gasteiger partial charge in [-0.1, -0.05) is 20.8 Å². The molecule has 0 spiro atoms. The second kappa shape index (κ2) is 6.26. The molecular formula is C14H28N2O3. The van der Waals surface area contributed by atoms with Gasteiger partial charge in [-0.25, -0.2) is 4.79 Å². The molecule has 0 aliphatic rings. The molecule has 0 aliphatic heterocycles. The van der Waals surface area contributed by atoms with E-state index in [1.54, 1.807) is 27.8 Å². The molecule has 112 valence electrons. The van der Waals surface area contributed by atoms with Crippen molar-refractivity contribution in [2.24, 2.45) is 5.41 Å². The fraction of sp³-hybridized carbons (Fsp3) is 0.857. The van der Waals surface area contributed by atoms with Crippen LogP contribution < -0.4 is 5.32 Å². The smallest absolute Gasteiger partial charge is 0.410 e. The highest BCUT2D eigenvalue weighted by Crippen LogP contribution is 2.18. The van der Waals surface area contributed by atoms with E-state index in [0.29, 0.717) is 0 Å². The Bertz CT molecular complexity index is 327. The van der Waals surface area contributed by atoms with Crippen LogP contribution in [0.2, 0.25) is 0 Å². The summed E-state index contributed by atoms with van der Waals surface area (Å²) in [5, 5.41) is 2.88. The van der Waals surface area contributed by atoms with Gasteiger partial charge in [-0.05, 0) is 33.1 Å². The van der Waals surface area contributed by atoms with E-state index in [-0.39, 0.29) is 23.9 Å². The van der Waals surface area contributed by atoms with Crippen LogP contribution in [-0.4, -0.2) is 42.1 Å². The molecule has 0 radical (unpaired) electrons. The molecule has 5 nitrogen and oxygen atoms in total. The lowest BCUT2D eigenvalue weighted by Crippen LogP contribution is -2.47. The topological polar surface area (TPSA) is 58.6 Å². The molecule has 1 N–H and O–H groups in total. The van der Waals surface area contributed by atoms with Gasteiger partial charge in [0.1, 0.15) is 12.1 Å². The fourth-order valence-electron chi connectivity index (χ4n) is 1.12. The zero-order valence-electron chi connectivity index (χ0n) is 13.5. The van der Waals surface area contributed by atoms with Gasteiger partial charge in [-0.3, -0.25) is 4.79 Å². The van der Waals surface area contributed by atoms with Crippen LogP contribution in [0.3, 0.4) is 0 Å². The van der Waals surface area contributed by atoms with Crippen molar-refractivity contribution in [3.05, 3.63) is 0 Å². The Balaban J connectivity index is 4.31. The third kappa shape index (κ3) is 7.70. The van der Waals surface area contributed by atoms with Crippen molar-refractivity contribution in [1.82, 2.24) is 10.2 Å². The number of nitrogens with one attached hydrogen (secondary N) is 1. The van der Waals surface area contributed by atoms with E-state index in [2.05, 4.69) is 26.1 Å². The van der Waals surface area contributed by atoms with Gasteiger partial charge in [-0.15, -0.1) is 0 Å². The molecule has 5 heteroatoms. The van der Waals surface area contributed by atoms with Gasteiger partial charge in [0.25, 0.3) is 0 Å². The van der Waals surface area contributed by atoms with Crippen LogP contribution in [0.4, 0.5) is 4.79 Å². The lowest BCUT2D eigenvalue weighted by atomic mass is 9.88. The molecule has 0 heterocycles. The van der Waals surface area contributed by atoms with Crippen molar-refractivity contribution in [1.29, 1.82) is 0 Å². The zero-order chi connectivity index (χ0) is 15.4. The van der Waals surface area contributed by atoms with Crippen molar-refractivity contribution in [2.75, 3.05) is 13.6 Å². The monoisotopic (exact) mass is 272 g/mol. The highest BCUT2D eigenvalue weighted by molar-refractivity contribution is 5.82. The first kappa shape index (κ1) is 17.7. The predicted molar refractivity (Wildman–Crippen MR) is 75.9 cm³/mol. The number of amides is 2. The highest BCUT2D eigenvalue weighted by atomic mass is 16.6. The maximum Gasteiger partial charge on any atom is 0.410 e. The fourth-order valence-corrected chi connectivity index (χ4v) is 1.12. The zero-order valence-corrected chi connectivity index (χ0v) is 13.5. The molecule has 0 aromatic rings. The summed E-state index contributed by atoms with van der Waals surface area (Å²) in [6, 6.07) is 0.0343. The van der Waals surface area contributed by atoms with E-state index in [4.69, 9.17) is 4.74 Å².